The summed E-state index contributed by atoms with van der Waals surface area (Å²) in [6.45, 7) is 21.0. The fourth-order valence-electron chi connectivity index (χ4n) is 2.15. The van der Waals surface area contributed by atoms with Gasteiger partial charge in [-0.1, -0.05) is 27.7 Å². The molecule has 0 aromatic heterocycles. The molecule has 1 aliphatic heterocycles. The molecule has 1 rings (SSSR count). The monoisotopic (exact) mass is 664 g/mol. The van der Waals surface area contributed by atoms with Crippen molar-refractivity contribution < 1.29 is 52.4 Å². The predicted molar refractivity (Wildman–Crippen MR) is 151 cm³/mol. The summed E-state index contributed by atoms with van der Waals surface area (Å²) in [5.74, 6) is 0. The van der Waals surface area contributed by atoms with E-state index < -0.39 is 64.6 Å². The topological polar surface area (TPSA) is 142 Å². The van der Waals surface area contributed by atoms with E-state index in [-0.39, 0.29) is 0 Å². The Bertz CT molecular complexity index is 797. The average Bonchev–Trinajstić information content (AvgIpc) is 2.63. The molecule has 0 bridgehead atoms. The van der Waals surface area contributed by atoms with E-state index >= 15 is 0 Å². The molecule has 0 amide bonds. The van der Waals surface area contributed by atoms with E-state index in [9.17, 15) is 18.3 Å². The SMILES string of the molecule is CC[Si](C)(C)OP1(=O)OP(=O)(O[Si](C)(C)CC)OP(=O)(O[Si](C)(C)CC)OP(=O)(O[Si](C)(C)CC)O1. The Balaban J connectivity index is 3.79. The molecule has 1 heterocycles. The van der Waals surface area contributed by atoms with Gasteiger partial charge in [0, 0.05) is 0 Å². The predicted octanol–water partition coefficient (Wildman–Crippen LogP) is 9.47. The first-order valence-electron chi connectivity index (χ1n) is 12.0. The average molecular weight is 665 g/mol. The van der Waals surface area contributed by atoms with Crippen molar-refractivity contribution in [2.75, 3.05) is 0 Å². The Kier molecular flexibility index (Phi) is 12.0. The molecule has 0 unspecified atom stereocenters. The highest BCUT2D eigenvalue weighted by Crippen LogP contribution is 2.84. The Hall–Kier alpha value is 1.47. The maximum atomic E-state index is 13.9. The van der Waals surface area contributed by atoms with Crippen LogP contribution in [-0.4, -0.2) is 33.3 Å². The standard InChI is InChI=1S/C16H44O12P4Si4/c1-13-33(5,6)25-29(17)21-30(18,26-34(7,8)14-2)23-32(20,28-36(11,12)16-4)24-31(19,22-29)27-35(9,10)15-3/h13-16H2,1-12H3. The molecule has 0 spiro atoms. The van der Waals surface area contributed by atoms with Crippen LogP contribution in [-0.2, 0) is 52.4 Å². The van der Waals surface area contributed by atoms with Crippen LogP contribution in [0.4, 0.5) is 0 Å². The van der Waals surface area contributed by atoms with Crippen LogP contribution < -0.4 is 0 Å². The molecule has 0 radical (unpaired) electrons. The van der Waals surface area contributed by atoms with Crippen molar-refractivity contribution in [3.8, 4) is 0 Å². The van der Waals surface area contributed by atoms with Crippen LogP contribution in [0.1, 0.15) is 27.7 Å². The van der Waals surface area contributed by atoms with E-state index in [1.54, 1.807) is 80.1 Å². The van der Waals surface area contributed by atoms with Crippen molar-refractivity contribution in [1.29, 1.82) is 0 Å². The van der Waals surface area contributed by atoms with Crippen molar-refractivity contribution in [3.63, 3.8) is 0 Å². The van der Waals surface area contributed by atoms with Crippen LogP contribution in [0.2, 0.25) is 76.6 Å². The lowest BCUT2D eigenvalue weighted by Gasteiger charge is -2.38. The highest BCUT2D eigenvalue weighted by molar-refractivity contribution is 7.77. The first-order chi connectivity index (χ1) is 15.9. The van der Waals surface area contributed by atoms with Gasteiger partial charge >= 0.3 is 31.3 Å². The summed E-state index contributed by atoms with van der Waals surface area (Å²) < 4.78 is 100. The molecule has 0 N–H and O–H groups in total. The zero-order valence-corrected chi connectivity index (χ0v) is 31.1. The first-order valence-corrected chi connectivity index (χ1v) is 30.3. The molecule has 0 aromatic carbocycles. The van der Waals surface area contributed by atoms with Crippen LogP contribution >= 0.6 is 31.3 Å². The Morgan fingerprint density at radius 3 is 0.667 bits per heavy atom. The second-order valence-corrected chi connectivity index (χ2v) is 37.0. The van der Waals surface area contributed by atoms with Crippen LogP contribution in [0.25, 0.3) is 0 Å². The van der Waals surface area contributed by atoms with E-state index in [1.807, 2.05) is 0 Å². The van der Waals surface area contributed by atoms with Gasteiger partial charge in [-0.2, -0.15) is 17.2 Å². The number of rotatable bonds is 12. The van der Waals surface area contributed by atoms with Crippen molar-refractivity contribution in [2.24, 2.45) is 0 Å². The molecule has 216 valence electrons. The fourth-order valence-corrected chi connectivity index (χ4v) is 22.8. The van der Waals surface area contributed by atoms with Gasteiger partial charge in [0.05, 0.1) is 0 Å². The van der Waals surface area contributed by atoms with Crippen molar-refractivity contribution >= 4 is 64.6 Å². The summed E-state index contributed by atoms with van der Waals surface area (Å²) in [6, 6.07) is 1.85. The minimum Gasteiger partial charge on any atom is -0.329 e. The van der Waals surface area contributed by atoms with Gasteiger partial charge in [0.2, 0.25) is 33.3 Å². The second kappa shape index (κ2) is 12.1. The lowest BCUT2D eigenvalue weighted by Crippen LogP contribution is -2.33. The molecule has 1 aliphatic rings. The summed E-state index contributed by atoms with van der Waals surface area (Å²) in [5.41, 5.74) is 0. The Labute approximate surface area is 220 Å². The van der Waals surface area contributed by atoms with Crippen LogP contribution in [0.5, 0.6) is 0 Å². The molecular formula is C16H44O12P4Si4. The molecule has 36 heavy (non-hydrogen) atoms. The van der Waals surface area contributed by atoms with Gasteiger partial charge in [-0.3, -0.25) is 0 Å². The van der Waals surface area contributed by atoms with Gasteiger partial charge in [0.25, 0.3) is 0 Å². The highest BCUT2D eigenvalue weighted by Gasteiger charge is 2.61. The van der Waals surface area contributed by atoms with E-state index in [1.165, 1.54) is 0 Å². The third kappa shape index (κ3) is 11.2. The molecular weight excluding hydrogens is 620 g/mol. The maximum Gasteiger partial charge on any atom is 0.482 e. The van der Waals surface area contributed by atoms with Crippen molar-refractivity contribution in [2.45, 2.75) is 104 Å². The summed E-state index contributed by atoms with van der Waals surface area (Å²) >= 11 is 0. The third-order valence-electron chi connectivity index (χ3n) is 5.64. The lowest BCUT2D eigenvalue weighted by atomic mass is 11.0. The first kappa shape index (κ1) is 35.5. The van der Waals surface area contributed by atoms with E-state index in [4.69, 9.17) is 34.1 Å². The van der Waals surface area contributed by atoms with Crippen LogP contribution in [0.15, 0.2) is 0 Å². The summed E-state index contributed by atoms with van der Waals surface area (Å²) in [4.78, 5) is 0. The molecule has 0 aromatic rings. The van der Waals surface area contributed by atoms with Gasteiger partial charge in [0.15, 0.2) is 0 Å². The minimum atomic E-state index is -4.96. The number of hydrogen-bond donors (Lipinski definition) is 0. The normalized spacial score (nSPS) is 33.2. The number of hydrogen-bond acceptors (Lipinski definition) is 12. The fraction of sp³-hybridized carbons (Fsp3) is 1.00. The van der Waals surface area contributed by atoms with Gasteiger partial charge < -0.3 is 16.9 Å². The number of phosphoric acid groups is 4. The zero-order valence-electron chi connectivity index (χ0n) is 23.5. The molecule has 1 fully saturated rings. The van der Waals surface area contributed by atoms with Gasteiger partial charge in [0.1, 0.15) is 0 Å². The smallest absolute Gasteiger partial charge is 0.329 e. The summed E-state index contributed by atoms with van der Waals surface area (Å²) in [5, 5.41) is 0. The van der Waals surface area contributed by atoms with Gasteiger partial charge in [-0.15, -0.1) is 0 Å². The summed E-state index contributed by atoms with van der Waals surface area (Å²) in [7, 11) is -30.9. The van der Waals surface area contributed by atoms with Crippen LogP contribution in [0, 0.1) is 0 Å². The second-order valence-electron chi connectivity index (χ2n) is 10.9. The molecule has 1 saturated heterocycles. The van der Waals surface area contributed by atoms with Gasteiger partial charge in [-0.05, 0) is 76.6 Å². The summed E-state index contributed by atoms with van der Waals surface area (Å²) in [6.07, 6.45) is 0. The van der Waals surface area contributed by atoms with Crippen LogP contribution in [0.3, 0.4) is 0 Å². The third-order valence-corrected chi connectivity index (χ3v) is 30.3. The molecule has 12 nitrogen and oxygen atoms in total. The maximum absolute atomic E-state index is 13.9. The molecule has 0 atom stereocenters. The Morgan fingerprint density at radius 1 is 0.417 bits per heavy atom. The zero-order chi connectivity index (χ0) is 28.5. The van der Waals surface area contributed by atoms with E-state index in [2.05, 4.69) is 0 Å². The van der Waals surface area contributed by atoms with E-state index in [0.29, 0.717) is 24.2 Å². The minimum absolute atomic E-state index is 0.462. The molecule has 0 saturated carbocycles. The highest BCUT2D eigenvalue weighted by atomic mass is 31.3. The van der Waals surface area contributed by atoms with Crippen molar-refractivity contribution in [1.82, 2.24) is 0 Å². The lowest BCUT2D eigenvalue weighted by molar-refractivity contribution is 0.172. The quantitative estimate of drug-likeness (QED) is 0.145. The van der Waals surface area contributed by atoms with Crippen molar-refractivity contribution in [3.05, 3.63) is 0 Å². The molecule has 20 heteroatoms. The molecule has 0 aliphatic carbocycles. The van der Waals surface area contributed by atoms with E-state index in [0.717, 1.165) is 0 Å². The van der Waals surface area contributed by atoms with Gasteiger partial charge in [-0.25, -0.2) is 18.3 Å². The largest absolute Gasteiger partial charge is 0.482 e. The Morgan fingerprint density at radius 2 is 0.556 bits per heavy atom.